The van der Waals surface area contributed by atoms with Crippen LogP contribution in [-0.2, 0) is 4.79 Å². The number of aliphatic hydroxyl groups is 5. The van der Waals surface area contributed by atoms with Gasteiger partial charge in [0, 0.05) is 10.1 Å². The summed E-state index contributed by atoms with van der Waals surface area (Å²) in [5.74, 6) is -2.12. The molecule has 0 aromatic heterocycles. The van der Waals surface area contributed by atoms with Crippen molar-refractivity contribution in [2.45, 2.75) is 12.1 Å². The highest BCUT2D eigenvalue weighted by Crippen LogP contribution is 2.35. The minimum Gasteiger partial charge on any atom is -0.394 e. The summed E-state index contributed by atoms with van der Waals surface area (Å²) in [4.78, 5) is 37.3. The van der Waals surface area contributed by atoms with E-state index in [1.54, 1.807) is 22.6 Å². The van der Waals surface area contributed by atoms with Crippen molar-refractivity contribution in [3.8, 4) is 0 Å². The molecule has 8 N–H and O–H groups in total. The first-order chi connectivity index (χ1) is 14.1. The van der Waals surface area contributed by atoms with Crippen molar-refractivity contribution >= 4 is 91.2 Å². The summed E-state index contributed by atoms with van der Waals surface area (Å²) < 4.78 is 0.797. The third kappa shape index (κ3) is 7.07. The van der Waals surface area contributed by atoms with Crippen LogP contribution < -0.4 is 16.0 Å². The number of benzene rings is 1. The summed E-state index contributed by atoms with van der Waals surface area (Å²) in [5.41, 5.74) is 0.174. The van der Waals surface area contributed by atoms with Gasteiger partial charge in [0.25, 0.3) is 11.8 Å². The molecular weight excluding hydrogens is 743 g/mol. The zero-order valence-electron chi connectivity index (χ0n) is 15.3. The Balaban J connectivity index is 3.55. The molecule has 0 saturated carbocycles. The van der Waals surface area contributed by atoms with E-state index in [1.165, 1.54) is 0 Å². The minimum atomic E-state index is -1.18. The molecule has 1 rings (SSSR count). The van der Waals surface area contributed by atoms with Crippen LogP contribution in [0, 0.1) is 10.7 Å². The molecule has 1 atom stereocenters. The first-order valence-electron chi connectivity index (χ1n) is 8.33. The van der Waals surface area contributed by atoms with E-state index in [-0.39, 0.29) is 34.1 Å². The number of hydrogen-bond donors (Lipinski definition) is 8. The zero-order chi connectivity index (χ0) is 23.0. The highest BCUT2D eigenvalue weighted by atomic mass is 127. The van der Waals surface area contributed by atoms with Crippen LogP contribution in [-0.4, -0.2) is 88.4 Å². The lowest BCUT2D eigenvalue weighted by atomic mass is 10.1. The van der Waals surface area contributed by atoms with Gasteiger partial charge in [-0.1, -0.05) is 0 Å². The number of carbonyl (C=O) groups is 3. The van der Waals surface area contributed by atoms with Crippen LogP contribution in [0.15, 0.2) is 0 Å². The number of halogens is 3. The van der Waals surface area contributed by atoms with Gasteiger partial charge in [-0.25, -0.2) is 0 Å². The van der Waals surface area contributed by atoms with Crippen LogP contribution in [0.3, 0.4) is 0 Å². The van der Waals surface area contributed by atoms with E-state index >= 15 is 0 Å². The maximum absolute atomic E-state index is 12.8. The topological polar surface area (TPSA) is 188 Å². The SMILES string of the molecule is O=C(CO)Nc1c(I)c(C(=O)NCC(O)CO)c(I)c(C(=O)NC(CO)CO)c1I. The maximum atomic E-state index is 12.8. The van der Waals surface area contributed by atoms with E-state index in [2.05, 4.69) is 16.0 Å². The Hall–Kier alpha value is -0.380. The number of anilines is 1. The van der Waals surface area contributed by atoms with Crippen LogP contribution in [0.5, 0.6) is 0 Å². The quantitative estimate of drug-likeness (QED) is 0.134. The van der Waals surface area contributed by atoms with Gasteiger partial charge >= 0.3 is 0 Å². The molecule has 0 heterocycles. The lowest BCUT2D eigenvalue weighted by molar-refractivity contribution is -0.118. The van der Waals surface area contributed by atoms with Gasteiger partial charge < -0.3 is 41.5 Å². The molecular formula is C16H20I3N3O8. The van der Waals surface area contributed by atoms with Crippen molar-refractivity contribution in [3.63, 3.8) is 0 Å². The van der Waals surface area contributed by atoms with E-state index in [0.717, 1.165) is 0 Å². The van der Waals surface area contributed by atoms with Gasteiger partial charge in [-0.3, -0.25) is 14.4 Å². The van der Waals surface area contributed by atoms with Gasteiger partial charge in [-0.2, -0.15) is 0 Å². The average Bonchev–Trinajstić information content (AvgIpc) is 2.72. The smallest absolute Gasteiger partial charge is 0.253 e. The normalized spacial score (nSPS) is 11.9. The monoisotopic (exact) mass is 763 g/mol. The van der Waals surface area contributed by atoms with Gasteiger partial charge in [0.1, 0.15) is 6.61 Å². The predicted molar refractivity (Wildman–Crippen MR) is 131 cm³/mol. The highest BCUT2D eigenvalue weighted by molar-refractivity contribution is 14.1. The summed E-state index contributed by atoms with van der Waals surface area (Å²) in [6, 6.07) is -0.934. The average molecular weight is 763 g/mol. The molecule has 1 aromatic rings. The number of aliphatic hydroxyl groups excluding tert-OH is 5. The molecule has 30 heavy (non-hydrogen) atoms. The highest BCUT2D eigenvalue weighted by Gasteiger charge is 2.29. The Morgan fingerprint density at radius 3 is 1.83 bits per heavy atom. The summed E-state index contributed by atoms with van der Waals surface area (Å²) in [6.07, 6.45) is -1.18. The first-order valence-corrected chi connectivity index (χ1v) is 11.6. The molecule has 168 valence electrons. The number of carbonyl (C=O) groups excluding carboxylic acids is 3. The van der Waals surface area contributed by atoms with E-state index in [4.69, 9.17) is 10.2 Å². The zero-order valence-corrected chi connectivity index (χ0v) is 21.8. The summed E-state index contributed by atoms with van der Waals surface area (Å²) >= 11 is 5.41. The maximum Gasteiger partial charge on any atom is 0.253 e. The summed E-state index contributed by atoms with van der Waals surface area (Å²) in [7, 11) is 0. The second-order valence-corrected chi connectivity index (χ2v) is 9.09. The lowest BCUT2D eigenvalue weighted by Gasteiger charge is -2.21. The van der Waals surface area contributed by atoms with Crippen LogP contribution in [0.25, 0.3) is 0 Å². The Morgan fingerprint density at radius 1 is 0.833 bits per heavy atom. The van der Waals surface area contributed by atoms with Crippen molar-refractivity contribution in [2.24, 2.45) is 0 Å². The van der Waals surface area contributed by atoms with Crippen molar-refractivity contribution in [3.05, 3.63) is 21.8 Å². The molecule has 1 aromatic carbocycles. The fourth-order valence-corrected chi connectivity index (χ4v) is 6.54. The van der Waals surface area contributed by atoms with Gasteiger partial charge in [0.05, 0.1) is 55.9 Å². The van der Waals surface area contributed by atoms with Crippen molar-refractivity contribution < 1.29 is 39.9 Å². The Morgan fingerprint density at radius 2 is 1.37 bits per heavy atom. The third-order valence-electron chi connectivity index (χ3n) is 3.66. The second-order valence-electron chi connectivity index (χ2n) is 5.86. The Kier molecular flexibility index (Phi) is 12.2. The fraction of sp³-hybridized carbons (Fsp3) is 0.438. The summed E-state index contributed by atoms with van der Waals surface area (Å²) in [6.45, 7) is -2.65. The van der Waals surface area contributed by atoms with E-state index < -0.39 is 56.3 Å². The van der Waals surface area contributed by atoms with Gasteiger partial charge in [-0.15, -0.1) is 0 Å². The van der Waals surface area contributed by atoms with E-state index in [9.17, 15) is 29.7 Å². The molecule has 0 aliphatic heterocycles. The van der Waals surface area contributed by atoms with Crippen molar-refractivity contribution in [1.29, 1.82) is 0 Å². The molecule has 0 aliphatic carbocycles. The predicted octanol–water partition coefficient (Wildman–Crippen LogP) is -1.40. The number of nitrogens with one attached hydrogen (secondary N) is 3. The van der Waals surface area contributed by atoms with Gasteiger partial charge in [0.15, 0.2) is 0 Å². The van der Waals surface area contributed by atoms with Crippen molar-refractivity contribution in [1.82, 2.24) is 10.6 Å². The molecule has 0 aliphatic rings. The van der Waals surface area contributed by atoms with Crippen LogP contribution >= 0.6 is 67.8 Å². The molecule has 0 saturated heterocycles. The van der Waals surface area contributed by atoms with E-state index in [0.29, 0.717) is 0 Å². The molecule has 0 fully saturated rings. The Bertz CT molecular complexity index is 805. The standard InChI is InChI=1S/C16H20I3N3O8/c17-11-9(15(29)20-1-7(27)4-25)12(18)14(22-8(28)5-26)13(19)10(11)16(30)21-6(2-23)3-24/h6-7,23-27H,1-5H2,(H,20,29)(H,21,30)(H,22,28). The lowest BCUT2D eigenvalue weighted by Crippen LogP contribution is -2.41. The molecule has 11 nitrogen and oxygen atoms in total. The van der Waals surface area contributed by atoms with Crippen molar-refractivity contribution in [2.75, 3.05) is 38.3 Å². The van der Waals surface area contributed by atoms with Crippen LogP contribution in [0.2, 0.25) is 0 Å². The molecule has 0 bridgehead atoms. The van der Waals surface area contributed by atoms with E-state index in [1.807, 2.05) is 45.2 Å². The third-order valence-corrected chi connectivity index (χ3v) is 6.90. The van der Waals surface area contributed by atoms with Gasteiger partial charge in [-0.05, 0) is 67.8 Å². The molecule has 0 radical (unpaired) electrons. The molecule has 0 spiro atoms. The van der Waals surface area contributed by atoms with Crippen LogP contribution in [0.1, 0.15) is 20.7 Å². The number of amides is 3. The molecule has 14 heteroatoms. The summed E-state index contributed by atoms with van der Waals surface area (Å²) in [5, 5.41) is 53.2. The molecule has 1 unspecified atom stereocenters. The van der Waals surface area contributed by atoms with Gasteiger partial charge in [0.2, 0.25) is 5.91 Å². The Labute approximate surface area is 212 Å². The van der Waals surface area contributed by atoms with Crippen LogP contribution in [0.4, 0.5) is 5.69 Å². The largest absolute Gasteiger partial charge is 0.394 e. The molecule has 3 amide bonds. The minimum absolute atomic E-state index is 0.0182. The number of hydrogen-bond acceptors (Lipinski definition) is 8. The number of rotatable bonds is 10. The first kappa shape index (κ1) is 27.7. The second kappa shape index (κ2) is 13.2. The fourth-order valence-electron chi connectivity index (χ4n) is 2.12.